The van der Waals surface area contributed by atoms with E-state index in [1.54, 1.807) is 10.9 Å². The van der Waals surface area contributed by atoms with Crippen molar-refractivity contribution in [2.45, 2.75) is 40.2 Å². The standard InChI is InChI=1S/C18H23N3O2/c1-9(2)14-12-5-6-13(14)16-15(12)17(22)21(18(16)23)8-11-7-19-20(4)10(11)3/h7,12-13,15-16H,5-6,8H2,1-4H3/t12-,13-,15-,16-/m1/s1. The molecule has 0 unspecified atom stereocenters. The van der Waals surface area contributed by atoms with Crippen molar-refractivity contribution in [2.24, 2.45) is 30.7 Å². The summed E-state index contributed by atoms with van der Waals surface area (Å²) in [5.41, 5.74) is 4.68. The van der Waals surface area contributed by atoms with Gasteiger partial charge in [0, 0.05) is 18.3 Å². The molecule has 1 saturated heterocycles. The third kappa shape index (κ3) is 1.82. The highest BCUT2D eigenvalue weighted by Gasteiger charge is 2.63. The first-order valence-corrected chi connectivity index (χ1v) is 8.41. The van der Waals surface area contributed by atoms with Crippen LogP contribution in [0, 0.1) is 30.6 Å². The Morgan fingerprint density at radius 2 is 1.74 bits per heavy atom. The molecule has 3 aliphatic rings. The summed E-state index contributed by atoms with van der Waals surface area (Å²) in [5.74, 6) is 0.451. The Balaban J connectivity index is 1.66. The molecule has 2 saturated carbocycles. The average Bonchev–Trinajstić information content (AvgIpc) is 3.21. The lowest BCUT2D eigenvalue weighted by Crippen LogP contribution is -2.32. The third-order valence-corrected chi connectivity index (χ3v) is 6.19. The van der Waals surface area contributed by atoms with Gasteiger partial charge in [0.25, 0.3) is 0 Å². The molecule has 2 aliphatic carbocycles. The van der Waals surface area contributed by atoms with Gasteiger partial charge in [0.1, 0.15) is 0 Å². The first kappa shape index (κ1) is 14.7. The molecule has 122 valence electrons. The molecule has 0 aromatic carbocycles. The number of fused-ring (bicyclic) bond motifs is 5. The zero-order chi connectivity index (χ0) is 16.5. The predicted octanol–water partition coefficient (Wildman–Crippen LogP) is 2.21. The first-order valence-electron chi connectivity index (χ1n) is 8.41. The number of hydrogen-bond donors (Lipinski definition) is 0. The molecule has 4 rings (SSSR count). The van der Waals surface area contributed by atoms with Gasteiger partial charge >= 0.3 is 0 Å². The number of aromatic nitrogens is 2. The van der Waals surface area contributed by atoms with Crippen molar-refractivity contribution in [3.63, 3.8) is 0 Å². The van der Waals surface area contributed by atoms with Crippen LogP contribution in [0.1, 0.15) is 37.9 Å². The quantitative estimate of drug-likeness (QED) is 0.621. The second-order valence-corrected chi connectivity index (χ2v) is 7.44. The number of amides is 2. The van der Waals surface area contributed by atoms with E-state index in [-0.39, 0.29) is 23.7 Å². The lowest BCUT2D eigenvalue weighted by Gasteiger charge is -2.19. The SMILES string of the molecule is CC(C)=C1[C@H]2CC[C@H]1[C@H]1C(=O)N(Cc3cnn(C)c3C)C(=O)[C@@H]12. The van der Waals surface area contributed by atoms with E-state index < -0.39 is 0 Å². The fourth-order valence-corrected chi connectivity index (χ4v) is 5.08. The van der Waals surface area contributed by atoms with Gasteiger partial charge < -0.3 is 0 Å². The Labute approximate surface area is 136 Å². The van der Waals surface area contributed by atoms with Crippen LogP contribution in [0.3, 0.4) is 0 Å². The van der Waals surface area contributed by atoms with Gasteiger partial charge in [-0.25, -0.2) is 0 Å². The second kappa shape index (κ2) is 4.79. The summed E-state index contributed by atoms with van der Waals surface area (Å²) >= 11 is 0. The number of carbonyl (C=O) groups excluding carboxylic acids is 2. The number of aryl methyl sites for hydroxylation is 1. The fourth-order valence-electron chi connectivity index (χ4n) is 5.08. The molecule has 5 heteroatoms. The lowest BCUT2D eigenvalue weighted by molar-refractivity contribution is -0.141. The van der Waals surface area contributed by atoms with Gasteiger partial charge in [-0.3, -0.25) is 19.2 Å². The van der Waals surface area contributed by atoms with E-state index in [2.05, 4.69) is 18.9 Å². The molecule has 0 N–H and O–H groups in total. The van der Waals surface area contributed by atoms with Crippen molar-refractivity contribution >= 4 is 11.8 Å². The van der Waals surface area contributed by atoms with Crippen LogP contribution in [0.15, 0.2) is 17.3 Å². The molecule has 3 fully saturated rings. The van der Waals surface area contributed by atoms with Crippen molar-refractivity contribution in [3.8, 4) is 0 Å². The molecule has 23 heavy (non-hydrogen) atoms. The van der Waals surface area contributed by atoms with Gasteiger partial charge in [-0.05, 0) is 45.4 Å². The van der Waals surface area contributed by atoms with Crippen molar-refractivity contribution in [1.82, 2.24) is 14.7 Å². The topological polar surface area (TPSA) is 55.2 Å². The van der Waals surface area contributed by atoms with Crippen LogP contribution in [0.2, 0.25) is 0 Å². The Morgan fingerprint density at radius 3 is 2.17 bits per heavy atom. The number of hydrogen-bond acceptors (Lipinski definition) is 3. The van der Waals surface area contributed by atoms with E-state index in [0.29, 0.717) is 18.4 Å². The summed E-state index contributed by atoms with van der Waals surface area (Å²) in [7, 11) is 1.88. The van der Waals surface area contributed by atoms with Gasteiger partial charge in [0.2, 0.25) is 11.8 Å². The van der Waals surface area contributed by atoms with Crippen LogP contribution in [-0.2, 0) is 23.2 Å². The van der Waals surface area contributed by atoms with Crippen LogP contribution >= 0.6 is 0 Å². The maximum Gasteiger partial charge on any atom is 0.234 e. The molecule has 0 spiro atoms. The zero-order valence-corrected chi connectivity index (χ0v) is 14.2. The molecule has 2 bridgehead atoms. The van der Waals surface area contributed by atoms with Crippen LogP contribution in [0.4, 0.5) is 0 Å². The zero-order valence-electron chi connectivity index (χ0n) is 14.2. The largest absolute Gasteiger partial charge is 0.277 e. The Kier molecular flexibility index (Phi) is 3.06. The maximum absolute atomic E-state index is 12.9. The first-order chi connectivity index (χ1) is 10.9. The van der Waals surface area contributed by atoms with Crippen LogP contribution in [0.5, 0.6) is 0 Å². The smallest absolute Gasteiger partial charge is 0.234 e. The minimum Gasteiger partial charge on any atom is -0.277 e. The van der Waals surface area contributed by atoms with Crippen LogP contribution < -0.4 is 0 Å². The Hall–Kier alpha value is -1.91. The molecule has 4 atom stereocenters. The Bertz CT molecular complexity index is 709. The monoisotopic (exact) mass is 313 g/mol. The average molecular weight is 313 g/mol. The van der Waals surface area contributed by atoms with E-state index in [9.17, 15) is 9.59 Å². The maximum atomic E-state index is 12.9. The van der Waals surface area contributed by atoms with Gasteiger partial charge in [-0.1, -0.05) is 11.1 Å². The molecule has 0 radical (unpaired) electrons. The van der Waals surface area contributed by atoms with Crippen molar-refractivity contribution in [2.75, 3.05) is 0 Å². The number of imide groups is 1. The van der Waals surface area contributed by atoms with Gasteiger partial charge in [-0.2, -0.15) is 5.10 Å². The van der Waals surface area contributed by atoms with E-state index in [4.69, 9.17) is 0 Å². The minimum absolute atomic E-state index is 0.0363. The van der Waals surface area contributed by atoms with E-state index in [1.807, 2.05) is 14.0 Å². The van der Waals surface area contributed by atoms with Gasteiger partial charge in [0.15, 0.2) is 0 Å². The fraction of sp³-hybridized carbons (Fsp3) is 0.611. The van der Waals surface area contributed by atoms with Crippen LogP contribution in [-0.4, -0.2) is 26.5 Å². The molecule has 1 aliphatic heterocycles. The number of rotatable bonds is 2. The molecule has 2 heterocycles. The molecular weight excluding hydrogens is 290 g/mol. The summed E-state index contributed by atoms with van der Waals surface area (Å²) < 4.78 is 1.78. The second-order valence-electron chi connectivity index (χ2n) is 7.44. The van der Waals surface area contributed by atoms with E-state index in [0.717, 1.165) is 24.1 Å². The van der Waals surface area contributed by atoms with Gasteiger partial charge in [-0.15, -0.1) is 0 Å². The minimum atomic E-state index is -0.108. The van der Waals surface area contributed by atoms with Crippen LogP contribution in [0.25, 0.3) is 0 Å². The summed E-state index contributed by atoms with van der Waals surface area (Å²) in [6, 6.07) is 0. The van der Waals surface area contributed by atoms with E-state index in [1.165, 1.54) is 16.0 Å². The number of nitrogens with zero attached hydrogens (tertiary/aromatic N) is 3. The highest BCUT2D eigenvalue weighted by molar-refractivity contribution is 6.06. The molecule has 5 nitrogen and oxygen atoms in total. The predicted molar refractivity (Wildman–Crippen MR) is 85.1 cm³/mol. The highest BCUT2D eigenvalue weighted by atomic mass is 16.2. The summed E-state index contributed by atoms with van der Waals surface area (Å²) in [6.07, 6.45) is 3.89. The van der Waals surface area contributed by atoms with Gasteiger partial charge in [0.05, 0.1) is 24.6 Å². The van der Waals surface area contributed by atoms with Crippen molar-refractivity contribution < 1.29 is 9.59 Å². The summed E-state index contributed by atoms with van der Waals surface area (Å²) in [6.45, 7) is 6.58. The summed E-state index contributed by atoms with van der Waals surface area (Å²) in [4.78, 5) is 27.4. The summed E-state index contributed by atoms with van der Waals surface area (Å²) in [5, 5.41) is 4.22. The third-order valence-electron chi connectivity index (χ3n) is 6.19. The Morgan fingerprint density at radius 1 is 1.17 bits per heavy atom. The lowest BCUT2D eigenvalue weighted by atomic mass is 9.81. The number of allylic oxidation sites excluding steroid dienone is 2. The highest BCUT2D eigenvalue weighted by Crippen LogP contribution is 2.60. The number of likely N-dealkylation sites (tertiary alicyclic amines) is 1. The van der Waals surface area contributed by atoms with Crippen molar-refractivity contribution in [1.29, 1.82) is 0 Å². The van der Waals surface area contributed by atoms with E-state index >= 15 is 0 Å². The normalized spacial score (nSPS) is 32.2. The molecule has 1 aromatic heterocycles. The molecular formula is C18H23N3O2. The number of carbonyl (C=O) groups is 2. The molecule has 1 aromatic rings. The molecule has 2 amide bonds. The van der Waals surface area contributed by atoms with Crippen molar-refractivity contribution in [3.05, 3.63) is 28.6 Å².